The van der Waals surface area contributed by atoms with Gasteiger partial charge in [-0.05, 0) is 88.1 Å². The minimum absolute atomic E-state index is 0.00869. The van der Waals surface area contributed by atoms with E-state index in [2.05, 4.69) is 37.5 Å². The van der Waals surface area contributed by atoms with E-state index in [4.69, 9.17) is 0 Å². The molecule has 1 N–H and O–H groups in total. The Kier molecular flexibility index (Phi) is 7.71. The number of carbonyl (C=O) groups excluding carboxylic acids is 1. The lowest BCUT2D eigenvalue weighted by atomic mass is 9.82. The molecule has 0 bridgehead atoms. The molecule has 0 radical (unpaired) electrons. The van der Waals surface area contributed by atoms with Gasteiger partial charge in [0.25, 0.3) is 0 Å². The van der Waals surface area contributed by atoms with Gasteiger partial charge >= 0.3 is 17.9 Å². The molecule has 0 saturated heterocycles. The number of rotatable bonds is 6. The van der Waals surface area contributed by atoms with Gasteiger partial charge in [-0.2, -0.15) is 23.5 Å². The first-order chi connectivity index (χ1) is 21.8. The molecule has 2 heterocycles. The highest BCUT2D eigenvalue weighted by Crippen LogP contribution is 2.60. The van der Waals surface area contributed by atoms with Gasteiger partial charge in [0.2, 0.25) is 0 Å². The molecule has 1 spiro atoms. The Morgan fingerprint density at radius 3 is 2.43 bits per heavy atom. The van der Waals surface area contributed by atoms with E-state index in [1.54, 1.807) is 37.3 Å². The minimum Gasteiger partial charge on any atom is -0.335 e. The molecule has 46 heavy (non-hydrogen) atoms. The van der Waals surface area contributed by atoms with Gasteiger partial charge in [-0.1, -0.05) is 6.07 Å². The summed E-state index contributed by atoms with van der Waals surface area (Å²) in [7, 11) is 4.53. The Morgan fingerprint density at radius 1 is 1.11 bits per heavy atom. The molecule has 2 saturated carbocycles. The minimum atomic E-state index is -4.62. The molecule has 0 aliphatic heterocycles. The van der Waals surface area contributed by atoms with Crippen molar-refractivity contribution in [2.75, 3.05) is 20.6 Å². The summed E-state index contributed by atoms with van der Waals surface area (Å²) in [4.78, 5) is 28.1. The molecular weight excluding hydrogens is 595 g/mol. The maximum Gasteiger partial charge on any atom is 0.416 e. The van der Waals surface area contributed by atoms with Gasteiger partial charge in [0.05, 0.1) is 72.8 Å². The average Bonchev–Trinajstić information content (AvgIpc) is 3.41. The van der Waals surface area contributed by atoms with Gasteiger partial charge in [0, 0.05) is 17.9 Å². The predicted octanol–water partition coefficient (Wildman–Crippen LogP) is 6.05. The Labute approximate surface area is 265 Å². The van der Waals surface area contributed by atoms with Crippen molar-refractivity contribution in [2.24, 2.45) is 5.41 Å². The van der Waals surface area contributed by atoms with E-state index in [1.807, 2.05) is 0 Å². The fraction of sp³-hybridized carbons (Fsp3) is 0.412. The molecule has 9 nitrogen and oxygen atoms in total. The van der Waals surface area contributed by atoms with E-state index in [1.165, 1.54) is 29.4 Å². The summed E-state index contributed by atoms with van der Waals surface area (Å²) >= 11 is 0. The summed E-state index contributed by atoms with van der Waals surface area (Å²) in [6.07, 6.45) is 1.62. The van der Waals surface area contributed by atoms with Crippen molar-refractivity contribution in [3.05, 3.63) is 88.1 Å². The smallest absolute Gasteiger partial charge is 0.335 e. The van der Waals surface area contributed by atoms with Crippen LogP contribution in [0.2, 0.25) is 0 Å². The van der Waals surface area contributed by atoms with Crippen LogP contribution in [0.3, 0.4) is 0 Å². The third kappa shape index (κ3) is 5.42. The lowest BCUT2D eigenvalue weighted by Crippen LogP contribution is -2.47. The molecule has 6 rings (SSSR count). The van der Waals surface area contributed by atoms with Crippen LogP contribution in [0.25, 0.3) is 22.8 Å². The van der Waals surface area contributed by atoms with E-state index in [0.717, 1.165) is 58.0 Å². The van der Waals surface area contributed by atoms with Crippen molar-refractivity contribution in [1.82, 2.24) is 24.2 Å². The van der Waals surface area contributed by atoms with E-state index in [-0.39, 0.29) is 23.1 Å². The van der Waals surface area contributed by atoms with Crippen molar-refractivity contribution in [3.8, 4) is 28.8 Å². The average molecular weight is 633 g/mol. The normalized spacial score (nSPS) is 21.3. The summed E-state index contributed by atoms with van der Waals surface area (Å²) in [6, 6.07) is 14.7. The fourth-order valence-electron chi connectivity index (χ4n) is 7.23. The Morgan fingerprint density at radius 2 is 1.80 bits per heavy atom. The largest absolute Gasteiger partial charge is 0.416 e. The molecule has 2 aliphatic rings. The second kappa shape index (κ2) is 11.3. The number of aromatic nitrogens is 4. The van der Waals surface area contributed by atoms with Gasteiger partial charge in [-0.15, -0.1) is 0 Å². The van der Waals surface area contributed by atoms with E-state index in [9.17, 15) is 28.0 Å². The zero-order chi connectivity index (χ0) is 33.0. The molecule has 12 heteroatoms. The van der Waals surface area contributed by atoms with Crippen LogP contribution in [0.1, 0.15) is 55.8 Å². The lowest BCUT2D eigenvalue weighted by molar-refractivity contribution is -0.902. The number of alkyl halides is 3. The summed E-state index contributed by atoms with van der Waals surface area (Å²) in [5.74, 6) is 0. The van der Waals surface area contributed by atoms with Crippen LogP contribution >= 0.6 is 0 Å². The van der Waals surface area contributed by atoms with Gasteiger partial charge in [0.15, 0.2) is 0 Å². The number of halogens is 3. The Hall–Kier alpha value is -4.63. The van der Waals surface area contributed by atoms with Crippen LogP contribution in [-0.2, 0) is 6.18 Å². The molecule has 2 aliphatic carbocycles. The number of nitriles is 1. The van der Waals surface area contributed by atoms with Crippen LogP contribution in [0.15, 0.2) is 65.6 Å². The Bertz CT molecular complexity index is 1880. The molecular formula is C34H37F3N7O2+. The van der Waals surface area contributed by atoms with Crippen molar-refractivity contribution in [1.29, 1.82) is 5.26 Å². The lowest BCUT2D eigenvalue weighted by Gasteiger charge is -2.35. The molecule has 1 amide bonds. The second-order valence-electron chi connectivity index (χ2n) is 13.1. The summed E-state index contributed by atoms with van der Waals surface area (Å²) in [6.45, 7) is 4.86. The van der Waals surface area contributed by atoms with Gasteiger partial charge in [-0.25, -0.2) is 18.8 Å². The van der Waals surface area contributed by atoms with Crippen LogP contribution < -0.4 is 11.0 Å². The molecule has 0 unspecified atom stereocenters. The van der Waals surface area contributed by atoms with Crippen molar-refractivity contribution < 1.29 is 22.4 Å². The molecule has 4 aromatic rings. The SMILES string of the molecule is CC[N+](C)(C)[C@H]1CC12CCC(NC(=O)n1c(-c3ccnn3-c3ccc(C#N)cc3)c(C)n(-c3cccc(C(F)(F)F)c3)c1=O)CC2. The second-order valence-corrected chi connectivity index (χ2v) is 13.1. The van der Waals surface area contributed by atoms with Crippen molar-refractivity contribution in [2.45, 2.75) is 64.2 Å². The zero-order valence-corrected chi connectivity index (χ0v) is 26.3. The number of benzene rings is 2. The monoisotopic (exact) mass is 632 g/mol. The third-order valence-corrected chi connectivity index (χ3v) is 10.2. The van der Waals surface area contributed by atoms with Crippen LogP contribution in [-0.4, -0.2) is 62.2 Å². The highest BCUT2D eigenvalue weighted by Gasteiger charge is 2.62. The Balaban J connectivity index is 1.39. The molecule has 2 aromatic heterocycles. The van der Waals surface area contributed by atoms with E-state index < -0.39 is 23.5 Å². The fourth-order valence-corrected chi connectivity index (χ4v) is 7.23. The molecule has 1 atom stereocenters. The van der Waals surface area contributed by atoms with Gasteiger partial charge in [0.1, 0.15) is 5.69 Å². The van der Waals surface area contributed by atoms with E-state index >= 15 is 0 Å². The number of quaternary nitrogens is 1. The first kappa shape index (κ1) is 31.4. The van der Waals surface area contributed by atoms with Crippen LogP contribution in [0.5, 0.6) is 0 Å². The maximum atomic E-state index is 14.1. The number of amides is 1. The number of nitrogens with one attached hydrogen (secondary N) is 1. The number of carbonyl (C=O) groups is 1. The number of hydrogen-bond donors (Lipinski definition) is 1. The molecule has 240 valence electrons. The van der Waals surface area contributed by atoms with Crippen molar-refractivity contribution >= 4 is 6.03 Å². The summed E-state index contributed by atoms with van der Waals surface area (Å²) in [5, 5.41) is 16.7. The standard InChI is InChI=1S/C34H36F3N7O2/c1-5-44(3,4)29-20-33(29)16-13-25(14-17-33)40-31(45)42-30(28-15-18-39-43(28)26-11-9-23(21-38)10-12-26)22(2)41(32(42)46)27-8-6-7-24(19-27)34(35,36)37/h6-12,15,18-19,25,29H,5,13-14,16-17,20H2,1-4H3/p+1/t25?,29-,33?/m0/s1. The first-order valence-corrected chi connectivity index (χ1v) is 15.5. The maximum absolute atomic E-state index is 14.1. The quantitative estimate of drug-likeness (QED) is 0.262. The summed E-state index contributed by atoms with van der Waals surface area (Å²) in [5.41, 5.74) is 0.495. The third-order valence-electron chi connectivity index (χ3n) is 10.2. The van der Waals surface area contributed by atoms with Crippen molar-refractivity contribution in [3.63, 3.8) is 0 Å². The zero-order valence-electron chi connectivity index (χ0n) is 26.3. The van der Waals surface area contributed by atoms with Gasteiger partial charge < -0.3 is 9.80 Å². The number of imidazole rings is 1. The number of hydrogen-bond acceptors (Lipinski definition) is 4. The number of nitrogens with zero attached hydrogens (tertiary/aromatic N) is 6. The highest BCUT2D eigenvalue weighted by molar-refractivity contribution is 5.83. The first-order valence-electron chi connectivity index (χ1n) is 15.5. The van der Waals surface area contributed by atoms with Crippen LogP contribution in [0.4, 0.5) is 18.0 Å². The topological polar surface area (TPSA) is 97.6 Å². The van der Waals surface area contributed by atoms with E-state index in [0.29, 0.717) is 28.4 Å². The predicted molar refractivity (Wildman–Crippen MR) is 167 cm³/mol. The molecule has 2 aromatic carbocycles. The van der Waals surface area contributed by atoms with Crippen LogP contribution in [0, 0.1) is 23.7 Å². The molecule has 2 fully saturated rings. The highest BCUT2D eigenvalue weighted by atomic mass is 19.4. The van der Waals surface area contributed by atoms with Gasteiger partial charge in [-0.3, -0.25) is 4.57 Å². The summed E-state index contributed by atoms with van der Waals surface area (Å²) < 4.78 is 45.6.